The van der Waals surface area contributed by atoms with Gasteiger partial charge in [-0.15, -0.1) is 0 Å². The number of hydrogen-bond donors (Lipinski definition) is 0. The van der Waals surface area contributed by atoms with Gasteiger partial charge in [0.2, 0.25) is 0 Å². The first-order valence-corrected chi connectivity index (χ1v) is 8.06. The van der Waals surface area contributed by atoms with Crippen LogP contribution in [0.3, 0.4) is 0 Å². The molecule has 3 rings (SSSR count). The van der Waals surface area contributed by atoms with E-state index in [1.54, 1.807) is 0 Å². The first-order valence-electron chi connectivity index (χ1n) is 8.06. The minimum atomic E-state index is 0.335. The molecule has 1 aliphatic rings. The maximum absolute atomic E-state index is 4.64. The lowest BCUT2D eigenvalue weighted by Crippen LogP contribution is -1.97. The summed E-state index contributed by atoms with van der Waals surface area (Å²) >= 11 is 0. The van der Waals surface area contributed by atoms with Crippen LogP contribution in [0.2, 0.25) is 0 Å². The summed E-state index contributed by atoms with van der Waals surface area (Å²) in [5, 5.41) is 0. The number of nitrogens with zero attached hydrogens (tertiary/aromatic N) is 1. The van der Waals surface area contributed by atoms with Gasteiger partial charge in [-0.1, -0.05) is 88.4 Å². The van der Waals surface area contributed by atoms with Gasteiger partial charge in [0.25, 0.3) is 0 Å². The first kappa shape index (κ1) is 17.2. The fourth-order valence-corrected chi connectivity index (χ4v) is 2.39. The second-order valence-electron chi connectivity index (χ2n) is 4.48. The molecule has 0 saturated heterocycles. The van der Waals surface area contributed by atoms with Gasteiger partial charge in [0.15, 0.2) is 0 Å². The number of rotatable bonds is 2. The fourth-order valence-electron chi connectivity index (χ4n) is 2.39. The Morgan fingerprint density at radius 1 is 0.714 bits per heavy atom. The van der Waals surface area contributed by atoms with Crippen LogP contribution < -0.4 is 0 Å². The largest absolute Gasteiger partial charge is 0.289 e. The van der Waals surface area contributed by atoms with Gasteiger partial charge in [0.1, 0.15) is 0 Å². The van der Waals surface area contributed by atoms with E-state index in [1.165, 1.54) is 11.1 Å². The second kappa shape index (κ2) is 9.93. The van der Waals surface area contributed by atoms with E-state index in [0.717, 1.165) is 6.42 Å². The SMILES string of the molecule is C1=NC(c2ccccc2)CC1c1ccccc1.CC.CC. The third-order valence-corrected chi connectivity index (χ3v) is 3.34. The van der Waals surface area contributed by atoms with Crippen LogP contribution >= 0.6 is 0 Å². The van der Waals surface area contributed by atoms with Crippen LogP contribution in [0.5, 0.6) is 0 Å². The van der Waals surface area contributed by atoms with E-state index in [4.69, 9.17) is 0 Å². The van der Waals surface area contributed by atoms with Crippen molar-refractivity contribution >= 4 is 6.21 Å². The molecule has 2 unspecified atom stereocenters. The molecule has 0 spiro atoms. The highest BCUT2D eigenvalue weighted by Gasteiger charge is 2.22. The van der Waals surface area contributed by atoms with Gasteiger partial charge in [0, 0.05) is 12.1 Å². The van der Waals surface area contributed by atoms with Crippen LogP contribution in [0, 0.1) is 0 Å². The Bertz CT molecular complexity index is 454. The minimum Gasteiger partial charge on any atom is -0.289 e. The summed E-state index contributed by atoms with van der Waals surface area (Å²) in [5.74, 6) is 0.474. The van der Waals surface area contributed by atoms with E-state index in [0.29, 0.717) is 12.0 Å². The molecule has 1 aliphatic heterocycles. The van der Waals surface area contributed by atoms with Gasteiger partial charge in [-0.05, 0) is 17.5 Å². The average molecular weight is 281 g/mol. The Hall–Kier alpha value is -1.89. The van der Waals surface area contributed by atoms with E-state index in [2.05, 4.69) is 71.9 Å². The topological polar surface area (TPSA) is 12.4 Å². The Morgan fingerprint density at radius 2 is 1.19 bits per heavy atom. The van der Waals surface area contributed by atoms with Crippen LogP contribution in [0.1, 0.15) is 57.2 Å². The van der Waals surface area contributed by atoms with E-state index in [1.807, 2.05) is 27.7 Å². The van der Waals surface area contributed by atoms with Crippen LogP contribution in [0.25, 0.3) is 0 Å². The molecule has 1 nitrogen and oxygen atoms in total. The molecular weight excluding hydrogens is 254 g/mol. The smallest absolute Gasteiger partial charge is 0.0754 e. The third-order valence-electron chi connectivity index (χ3n) is 3.34. The van der Waals surface area contributed by atoms with E-state index >= 15 is 0 Å². The van der Waals surface area contributed by atoms with Crippen LogP contribution in [-0.4, -0.2) is 6.21 Å². The van der Waals surface area contributed by atoms with Crippen molar-refractivity contribution in [3.8, 4) is 0 Å². The predicted molar refractivity (Wildman–Crippen MR) is 94.2 cm³/mol. The van der Waals surface area contributed by atoms with Gasteiger partial charge >= 0.3 is 0 Å². The summed E-state index contributed by atoms with van der Waals surface area (Å²) in [6, 6.07) is 21.5. The fraction of sp³-hybridized carbons (Fsp3) is 0.350. The molecule has 0 radical (unpaired) electrons. The van der Waals surface area contributed by atoms with E-state index < -0.39 is 0 Å². The summed E-state index contributed by atoms with van der Waals surface area (Å²) in [6.45, 7) is 8.00. The monoisotopic (exact) mass is 281 g/mol. The minimum absolute atomic E-state index is 0.335. The van der Waals surface area contributed by atoms with Crippen molar-refractivity contribution < 1.29 is 0 Å². The van der Waals surface area contributed by atoms with E-state index in [-0.39, 0.29) is 0 Å². The Morgan fingerprint density at radius 3 is 1.71 bits per heavy atom. The summed E-state index contributed by atoms with van der Waals surface area (Å²) in [7, 11) is 0. The van der Waals surface area contributed by atoms with Crippen molar-refractivity contribution in [2.24, 2.45) is 4.99 Å². The normalized spacial score (nSPS) is 19.0. The zero-order valence-corrected chi connectivity index (χ0v) is 13.7. The van der Waals surface area contributed by atoms with Crippen molar-refractivity contribution in [2.75, 3.05) is 0 Å². The molecule has 1 heteroatoms. The molecular formula is C20H27N. The van der Waals surface area contributed by atoms with Crippen molar-refractivity contribution in [3.63, 3.8) is 0 Å². The first-order chi connectivity index (χ1) is 10.4. The molecule has 0 N–H and O–H groups in total. The second-order valence-corrected chi connectivity index (χ2v) is 4.48. The lowest BCUT2D eigenvalue weighted by atomic mass is 9.93. The highest BCUT2D eigenvalue weighted by Crippen LogP contribution is 2.34. The van der Waals surface area contributed by atoms with Gasteiger partial charge in [-0.25, -0.2) is 0 Å². The molecule has 2 aromatic carbocycles. The molecule has 1 heterocycles. The Labute approximate surface area is 129 Å². The molecule has 0 bridgehead atoms. The summed E-state index contributed by atoms with van der Waals surface area (Å²) in [6.07, 6.45) is 3.20. The number of benzene rings is 2. The molecule has 2 aromatic rings. The Kier molecular flexibility index (Phi) is 8.11. The van der Waals surface area contributed by atoms with Crippen molar-refractivity contribution in [2.45, 2.75) is 46.1 Å². The van der Waals surface area contributed by atoms with Crippen molar-refractivity contribution in [1.82, 2.24) is 0 Å². The van der Waals surface area contributed by atoms with Crippen LogP contribution in [-0.2, 0) is 0 Å². The lowest BCUT2D eigenvalue weighted by molar-refractivity contribution is 0.680. The number of aliphatic imine (C=N–C) groups is 1. The highest BCUT2D eigenvalue weighted by molar-refractivity contribution is 5.70. The van der Waals surface area contributed by atoms with E-state index in [9.17, 15) is 0 Å². The third kappa shape index (κ3) is 4.86. The average Bonchev–Trinajstić information content (AvgIpc) is 3.10. The summed E-state index contributed by atoms with van der Waals surface area (Å²) in [4.78, 5) is 4.64. The number of hydrogen-bond acceptors (Lipinski definition) is 1. The lowest BCUT2D eigenvalue weighted by Gasteiger charge is -2.10. The Balaban J connectivity index is 0.000000510. The van der Waals surface area contributed by atoms with Gasteiger partial charge < -0.3 is 0 Å². The molecule has 21 heavy (non-hydrogen) atoms. The predicted octanol–water partition coefficient (Wildman–Crippen LogP) is 6.04. The standard InChI is InChI=1S/C16H15N.2C2H6/c1-3-7-13(8-4-1)15-11-16(17-12-15)14-9-5-2-6-10-14;2*1-2/h1-10,12,15-16H,11H2;2*1-2H3. The quantitative estimate of drug-likeness (QED) is 0.636. The molecule has 112 valence electrons. The molecule has 0 amide bonds. The summed E-state index contributed by atoms with van der Waals surface area (Å²) < 4.78 is 0. The molecule has 0 aliphatic carbocycles. The molecule has 0 aromatic heterocycles. The zero-order chi connectivity index (χ0) is 15.5. The maximum Gasteiger partial charge on any atom is 0.0754 e. The molecule has 0 saturated carbocycles. The molecule has 2 atom stereocenters. The van der Waals surface area contributed by atoms with Crippen LogP contribution in [0.15, 0.2) is 65.7 Å². The van der Waals surface area contributed by atoms with Gasteiger partial charge in [-0.2, -0.15) is 0 Å². The molecule has 0 fully saturated rings. The van der Waals surface area contributed by atoms with Gasteiger partial charge in [-0.3, -0.25) is 4.99 Å². The maximum atomic E-state index is 4.64. The summed E-state index contributed by atoms with van der Waals surface area (Å²) in [5.41, 5.74) is 2.69. The van der Waals surface area contributed by atoms with Gasteiger partial charge in [0.05, 0.1) is 6.04 Å². The van der Waals surface area contributed by atoms with Crippen molar-refractivity contribution in [1.29, 1.82) is 0 Å². The van der Waals surface area contributed by atoms with Crippen LogP contribution in [0.4, 0.5) is 0 Å². The highest BCUT2D eigenvalue weighted by atomic mass is 14.8. The zero-order valence-electron chi connectivity index (χ0n) is 13.7. The van der Waals surface area contributed by atoms with Crippen molar-refractivity contribution in [3.05, 3.63) is 71.8 Å².